The van der Waals surface area contributed by atoms with Crippen LogP contribution in [-0.4, -0.2) is 19.0 Å². The van der Waals surface area contributed by atoms with Gasteiger partial charge in [-0.1, -0.05) is 25.8 Å². The second kappa shape index (κ2) is 6.97. The molecule has 1 heterocycles. The molecule has 0 unspecified atom stereocenters. The number of rotatable bonds is 3. The maximum atomic E-state index is 12.7. The van der Waals surface area contributed by atoms with Crippen LogP contribution in [0, 0.1) is 17.8 Å². The highest BCUT2D eigenvalue weighted by Crippen LogP contribution is 2.43. The van der Waals surface area contributed by atoms with Crippen molar-refractivity contribution in [2.75, 3.05) is 12.4 Å². The van der Waals surface area contributed by atoms with E-state index in [-0.39, 0.29) is 11.3 Å². The fourth-order valence-electron chi connectivity index (χ4n) is 3.23. The van der Waals surface area contributed by atoms with Crippen molar-refractivity contribution >= 4 is 28.2 Å². The molecule has 26 heavy (non-hydrogen) atoms. The Morgan fingerprint density at radius 1 is 1.31 bits per heavy atom. The van der Waals surface area contributed by atoms with Crippen LogP contribution < -0.4 is 5.32 Å². The first-order valence-electron chi connectivity index (χ1n) is 8.45. The Morgan fingerprint density at radius 3 is 2.73 bits per heavy atom. The van der Waals surface area contributed by atoms with Crippen molar-refractivity contribution < 1.29 is 14.3 Å². The van der Waals surface area contributed by atoms with Crippen molar-refractivity contribution in [3.63, 3.8) is 0 Å². The highest BCUT2D eigenvalue weighted by atomic mass is 32.1. The normalized spacial score (nSPS) is 14.8. The van der Waals surface area contributed by atoms with Crippen LogP contribution in [0.2, 0.25) is 0 Å². The van der Waals surface area contributed by atoms with E-state index in [1.54, 1.807) is 29.5 Å². The molecule has 1 N–H and O–H groups in total. The van der Waals surface area contributed by atoms with Crippen LogP contribution in [-0.2, 0) is 17.6 Å². The Labute approximate surface area is 157 Å². The summed E-state index contributed by atoms with van der Waals surface area (Å²) in [5.74, 6) is 1.99. The topological polar surface area (TPSA) is 55.4 Å². The molecule has 0 bridgehead atoms. The second-order valence-corrected chi connectivity index (χ2v) is 8.32. The lowest BCUT2D eigenvalue weighted by Gasteiger charge is -2.29. The summed E-state index contributed by atoms with van der Waals surface area (Å²) in [5.41, 5.74) is 2.96. The first-order chi connectivity index (χ1) is 12.3. The molecule has 0 aliphatic heterocycles. The Hall–Kier alpha value is -2.58. The Morgan fingerprint density at radius 2 is 2.04 bits per heavy atom. The molecule has 134 valence electrons. The van der Waals surface area contributed by atoms with Crippen molar-refractivity contribution in [3.05, 3.63) is 51.4 Å². The highest BCUT2D eigenvalue weighted by Gasteiger charge is 2.30. The van der Waals surface area contributed by atoms with Gasteiger partial charge in [-0.3, -0.25) is 4.79 Å². The predicted octanol–water partition coefficient (Wildman–Crippen LogP) is 4.28. The summed E-state index contributed by atoms with van der Waals surface area (Å²) in [6.07, 6.45) is 8.71. The third-order valence-corrected chi connectivity index (χ3v) is 5.85. The van der Waals surface area contributed by atoms with Gasteiger partial charge in [-0.05, 0) is 48.4 Å². The average molecular weight is 367 g/mol. The molecule has 1 amide bonds. The van der Waals surface area contributed by atoms with Crippen LogP contribution >= 0.6 is 11.3 Å². The van der Waals surface area contributed by atoms with Gasteiger partial charge in [0.1, 0.15) is 5.00 Å². The smallest absolute Gasteiger partial charge is 0.337 e. The zero-order valence-corrected chi connectivity index (χ0v) is 16.0. The van der Waals surface area contributed by atoms with Crippen LogP contribution in [0.25, 0.3) is 0 Å². The monoisotopic (exact) mass is 367 g/mol. The first kappa shape index (κ1) is 18.2. The Balaban J connectivity index is 1.88. The van der Waals surface area contributed by atoms with Crippen LogP contribution in [0.15, 0.2) is 24.3 Å². The molecular formula is C21H21NO3S. The standard InChI is InChI=1S/C21H21NO3S/c1-5-15-16-9-10-21(2,3)12-17(16)26-19(15)22-18(23)13-7-6-8-14(11-13)20(24)25-4/h1,6-8,11H,9-10,12H2,2-4H3,(H,22,23). The fourth-order valence-corrected chi connectivity index (χ4v) is 4.69. The van der Waals surface area contributed by atoms with Crippen molar-refractivity contribution in [3.8, 4) is 12.3 Å². The molecule has 2 aromatic rings. The maximum absolute atomic E-state index is 12.7. The summed E-state index contributed by atoms with van der Waals surface area (Å²) in [5, 5.41) is 3.64. The minimum Gasteiger partial charge on any atom is -0.465 e. The van der Waals surface area contributed by atoms with Crippen molar-refractivity contribution in [2.24, 2.45) is 5.41 Å². The summed E-state index contributed by atoms with van der Waals surface area (Å²) in [6.45, 7) is 4.50. The number of thiophene rings is 1. The van der Waals surface area contributed by atoms with Gasteiger partial charge in [0.05, 0.1) is 18.2 Å². The van der Waals surface area contributed by atoms with Crippen molar-refractivity contribution in [1.82, 2.24) is 0 Å². The molecule has 3 rings (SSSR count). The summed E-state index contributed by atoms with van der Waals surface area (Å²) < 4.78 is 4.71. The molecule has 1 aromatic heterocycles. The number of nitrogens with one attached hydrogen (secondary N) is 1. The molecule has 1 aromatic carbocycles. The molecule has 1 aliphatic carbocycles. The molecule has 4 nitrogen and oxygen atoms in total. The molecule has 5 heteroatoms. The molecular weight excluding hydrogens is 346 g/mol. The number of carbonyl (C=O) groups is 2. The molecule has 0 fully saturated rings. The summed E-state index contributed by atoms with van der Waals surface area (Å²) in [6, 6.07) is 6.45. The van der Waals surface area contributed by atoms with E-state index in [4.69, 9.17) is 11.2 Å². The number of methoxy groups -OCH3 is 1. The predicted molar refractivity (Wildman–Crippen MR) is 104 cm³/mol. The number of esters is 1. The van der Waals surface area contributed by atoms with Crippen LogP contribution in [0.3, 0.4) is 0 Å². The van der Waals surface area contributed by atoms with Crippen LogP contribution in [0.5, 0.6) is 0 Å². The largest absolute Gasteiger partial charge is 0.465 e. The summed E-state index contributed by atoms with van der Waals surface area (Å²) in [7, 11) is 1.31. The third-order valence-electron chi connectivity index (χ3n) is 4.70. The number of fused-ring (bicyclic) bond motifs is 1. The lowest BCUT2D eigenvalue weighted by molar-refractivity contribution is 0.0600. The summed E-state index contributed by atoms with van der Waals surface area (Å²) in [4.78, 5) is 25.6. The number of benzene rings is 1. The van der Waals surface area contributed by atoms with E-state index in [2.05, 4.69) is 25.1 Å². The number of carbonyl (C=O) groups excluding carboxylic acids is 2. The minimum atomic E-state index is -0.474. The van der Waals surface area contributed by atoms with E-state index < -0.39 is 5.97 Å². The number of anilines is 1. The quantitative estimate of drug-likeness (QED) is 0.651. The van der Waals surface area contributed by atoms with E-state index in [1.807, 2.05) is 0 Å². The highest BCUT2D eigenvalue weighted by molar-refractivity contribution is 7.16. The average Bonchev–Trinajstić information content (AvgIpc) is 2.95. The van der Waals surface area contributed by atoms with Gasteiger partial charge < -0.3 is 10.1 Å². The van der Waals surface area contributed by atoms with Crippen LogP contribution in [0.1, 0.15) is 57.0 Å². The number of terminal acetylenes is 1. The van der Waals surface area contributed by atoms with Gasteiger partial charge in [0.2, 0.25) is 0 Å². The lowest BCUT2D eigenvalue weighted by Crippen LogP contribution is -2.21. The van der Waals surface area contributed by atoms with Crippen molar-refractivity contribution in [1.29, 1.82) is 0 Å². The van der Waals surface area contributed by atoms with Gasteiger partial charge in [-0.2, -0.15) is 0 Å². The molecule has 0 atom stereocenters. The van der Waals surface area contributed by atoms with Gasteiger partial charge >= 0.3 is 5.97 Å². The Kier molecular flexibility index (Phi) is 4.88. The van der Waals surface area contributed by atoms with Gasteiger partial charge in [0, 0.05) is 10.4 Å². The van der Waals surface area contributed by atoms with E-state index in [0.29, 0.717) is 16.1 Å². The van der Waals surface area contributed by atoms with E-state index in [0.717, 1.165) is 24.8 Å². The zero-order valence-electron chi connectivity index (χ0n) is 15.1. The third kappa shape index (κ3) is 3.51. The second-order valence-electron chi connectivity index (χ2n) is 7.22. The van der Waals surface area contributed by atoms with Gasteiger partial charge in [0.25, 0.3) is 5.91 Å². The van der Waals surface area contributed by atoms with Crippen LogP contribution in [0.4, 0.5) is 5.00 Å². The van der Waals surface area contributed by atoms with E-state index >= 15 is 0 Å². The zero-order chi connectivity index (χ0) is 18.9. The van der Waals surface area contributed by atoms with Crippen molar-refractivity contribution in [2.45, 2.75) is 33.1 Å². The summed E-state index contributed by atoms with van der Waals surface area (Å²) >= 11 is 1.56. The Bertz CT molecular complexity index is 918. The number of amides is 1. The number of hydrogen-bond donors (Lipinski definition) is 1. The lowest BCUT2D eigenvalue weighted by atomic mass is 9.77. The molecule has 0 radical (unpaired) electrons. The van der Waals surface area contributed by atoms with Gasteiger partial charge in [0.15, 0.2) is 0 Å². The SMILES string of the molecule is C#Cc1c(NC(=O)c2cccc(C(=O)OC)c2)sc2c1CCC(C)(C)C2. The molecule has 1 aliphatic rings. The van der Waals surface area contributed by atoms with E-state index in [1.165, 1.54) is 23.6 Å². The fraction of sp³-hybridized carbons (Fsp3) is 0.333. The number of ether oxygens (including phenoxy) is 1. The van der Waals surface area contributed by atoms with Gasteiger partial charge in [-0.15, -0.1) is 17.8 Å². The maximum Gasteiger partial charge on any atom is 0.337 e. The molecule has 0 saturated carbocycles. The number of hydrogen-bond acceptors (Lipinski definition) is 4. The molecule has 0 saturated heterocycles. The minimum absolute atomic E-state index is 0.250. The molecule has 0 spiro atoms. The first-order valence-corrected chi connectivity index (χ1v) is 9.27. The van der Waals surface area contributed by atoms with E-state index in [9.17, 15) is 9.59 Å². The van der Waals surface area contributed by atoms with Gasteiger partial charge in [-0.25, -0.2) is 4.79 Å².